The number of carbonyl (C=O) groups is 1. The number of hydrogen-bond acceptors (Lipinski definition) is 4. The molecule has 1 aromatic rings. The zero-order chi connectivity index (χ0) is 15.7. The lowest BCUT2D eigenvalue weighted by Gasteiger charge is -2.43. The molecule has 22 heavy (non-hydrogen) atoms. The Hall–Kier alpha value is -1.46. The van der Waals surface area contributed by atoms with Gasteiger partial charge in [0.25, 0.3) is 5.91 Å². The molecule has 0 aromatic carbocycles. The Morgan fingerprint density at radius 2 is 2.23 bits per heavy atom. The lowest BCUT2D eigenvalue weighted by atomic mass is 9.79. The number of rotatable bonds is 3. The Kier molecular flexibility index (Phi) is 4.19. The first kappa shape index (κ1) is 15.4. The van der Waals surface area contributed by atoms with Crippen LogP contribution in [0.2, 0.25) is 0 Å². The van der Waals surface area contributed by atoms with E-state index in [4.69, 9.17) is 9.47 Å². The normalized spacial score (nSPS) is 31.1. The highest BCUT2D eigenvalue weighted by Gasteiger charge is 2.52. The van der Waals surface area contributed by atoms with Crippen LogP contribution in [0.25, 0.3) is 0 Å². The molecule has 3 rings (SSSR count). The lowest BCUT2D eigenvalue weighted by molar-refractivity contribution is -0.0894. The average molecular weight is 304 g/mol. The quantitative estimate of drug-likeness (QED) is 0.859. The van der Waals surface area contributed by atoms with Gasteiger partial charge in [-0.1, -0.05) is 6.07 Å². The fourth-order valence-corrected chi connectivity index (χ4v) is 3.96. The van der Waals surface area contributed by atoms with Crippen LogP contribution in [0.1, 0.15) is 41.7 Å². The molecule has 0 radical (unpaired) electrons. The van der Waals surface area contributed by atoms with Crippen LogP contribution >= 0.6 is 0 Å². The number of aryl methyl sites for hydroxylation is 1. The van der Waals surface area contributed by atoms with Gasteiger partial charge in [-0.25, -0.2) is 0 Å². The molecule has 1 aliphatic heterocycles. The van der Waals surface area contributed by atoms with E-state index in [0.29, 0.717) is 5.69 Å². The molecular weight excluding hydrogens is 280 g/mol. The Morgan fingerprint density at radius 1 is 1.41 bits per heavy atom. The van der Waals surface area contributed by atoms with Gasteiger partial charge < -0.3 is 14.4 Å². The van der Waals surface area contributed by atoms with E-state index in [0.717, 1.165) is 37.8 Å². The second-order valence-corrected chi connectivity index (χ2v) is 6.33. The first-order chi connectivity index (χ1) is 10.6. The minimum Gasteiger partial charge on any atom is -0.381 e. The SMILES string of the molecule is CO[C@H]1CC[C@@]2(OC)CCN(C(=O)c3ncccc3C)[C@H]2C1. The number of ether oxygens (including phenoxy) is 2. The second kappa shape index (κ2) is 5.97. The van der Waals surface area contributed by atoms with Crippen molar-refractivity contribution in [3.05, 3.63) is 29.6 Å². The van der Waals surface area contributed by atoms with Crippen LogP contribution < -0.4 is 0 Å². The van der Waals surface area contributed by atoms with Gasteiger partial charge in [0.2, 0.25) is 0 Å². The average Bonchev–Trinajstić information content (AvgIpc) is 2.93. The van der Waals surface area contributed by atoms with E-state index >= 15 is 0 Å². The van der Waals surface area contributed by atoms with Gasteiger partial charge in [-0.15, -0.1) is 0 Å². The van der Waals surface area contributed by atoms with Crippen LogP contribution in [0.5, 0.6) is 0 Å². The second-order valence-electron chi connectivity index (χ2n) is 6.33. The number of pyridine rings is 1. The number of amides is 1. The van der Waals surface area contributed by atoms with Gasteiger partial charge in [-0.05, 0) is 44.2 Å². The minimum atomic E-state index is -0.215. The molecule has 120 valence electrons. The van der Waals surface area contributed by atoms with E-state index < -0.39 is 0 Å². The van der Waals surface area contributed by atoms with Crippen LogP contribution in [-0.4, -0.2) is 54.3 Å². The topological polar surface area (TPSA) is 51.7 Å². The van der Waals surface area contributed by atoms with Gasteiger partial charge in [0.05, 0.1) is 17.7 Å². The third-order valence-electron chi connectivity index (χ3n) is 5.35. The number of aromatic nitrogens is 1. The number of nitrogens with zero attached hydrogens (tertiary/aromatic N) is 2. The molecule has 1 aromatic heterocycles. The third kappa shape index (κ3) is 2.42. The fourth-order valence-electron chi connectivity index (χ4n) is 3.96. The van der Waals surface area contributed by atoms with Crippen LogP contribution in [0.3, 0.4) is 0 Å². The summed E-state index contributed by atoms with van der Waals surface area (Å²) >= 11 is 0. The van der Waals surface area contributed by atoms with E-state index in [2.05, 4.69) is 4.98 Å². The van der Waals surface area contributed by atoms with Gasteiger partial charge in [0.15, 0.2) is 0 Å². The Labute approximate surface area is 131 Å². The van der Waals surface area contributed by atoms with Crippen LogP contribution in [0, 0.1) is 6.92 Å². The zero-order valence-electron chi connectivity index (χ0n) is 13.5. The summed E-state index contributed by atoms with van der Waals surface area (Å²) in [5, 5.41) is 0. The molecule has 3 atom stereocenters. The highest BCUT2D eigenvalue weighted by Crippen LogP contribution is 2.43. The van der Waals surface area contributed by atoms with Crippen molar-refractivity contribution >= 4 is 5.91 Å². The van der Waals surface area contributed by atoms with E-state index in [9.17, 15) is 4.79 Å². The van der Waals surface area contributed by atoms with Crippen LogP contribution in [-0.2, 0) is 9.47 Å². The summed E-state index contributed by atoms with van der Waals surface area (Å²) in [6, 6.07) is 3.86. The maximum absolute atomic E-state index is 12.9. The predicted octanol–water partition coefficient (Wildman–Crippen LogP) is 2.19. The molecule has 1 amide bonds. The van der Waals surface area contributed by atoms with Crippen LogP contribution in [0.4, 0.5) is 0 Å². The van der Waals surface area contributed by atoms with Crippen molar-refractivity contribution in [2.45, 2.75) is 50.4 Å². The molecule has 0 N–H and O–H groups in total. The Balaban J connectivity index is 1.88. The van der Waals surface area contributed by atoms with Crippen LogP contribution in [0.15, 0.2) is 18.3 Å². The molecule has 1 saturated carbocycles. The monoisotopic (exact) mass is 304 g/mol. The molecule has 0 unspecified atom stereocenters. The van der Waals surface area contributed by atoms with Crippen molar-refractivity contribution in [2.75, 3.05) is 20.8 Å². The van der Waals surface area contributed by atoms with Gasteiger partial charge in [0.1, 0.15) is 5.69 Å². The maximum atomic E-state index is 12.9. The molecular formula is C17H24N2O3. The van der Waals surface area contributed by atoms with Gasteiger partial charge in [-0.3, -0.25) is 9.78 Å². The molecule has 0 bridgehead atoms. The summed E-state index contributed by atoms with van der Waals surface area (Å²) in [7, 11) is 3.51. The first-order valence-corrected chi connectivity index (χ1v) is 7.92. The number of fused-ring (bicyclic) bond motifs is 1. The first-order valence-electron chi connectivity index (χ1n) is 7.92. The van der Waals surface area contributed by atoms with E-state index in [1.807, 2.05) is 24.0 Å². The maximum Gasteiger partial charge on any atom is 0.273 e. The van der Waals surface area contributed by atoms with E-state index in [1.165, 1.54) is 0 Å². The van der Waals surface area contributed by atoms with Gasteiger partial charge >= 0.3 is 0 Å². The molecule has 1 saturated heterocycles. The number of carbonyl (C=O) groups excluding carboxylic acids is 1. The molecule has 5 heteroatoms. The number of hydrogen-bond donors (Lipinski definition) is 0. The predicted molar refractivity (Wildman–Crippen MR) is 82.8 cm³/mol. The fraction of sp³-hybridized carbons (Fsp3) is 0.647. The van der Waals surface area contributed by atoms with Crippen molar-refractivity contribution in [3.8, 4) is 0 Å². The smallest absolute Gasteiger partial charge is 0.273 e. The zero-order valence-corrected chi connectivity index (χ0v) is 13.5. The molecule has 5 nitrogen and oxygen atoms in total. The summed E-state index contributed by atoms with van der Waals surface area (Å²) in [5.74, 6) is 0.0128. The standard InChI is InChI=1S/C17H24N2O3/c1-12-5-4-9-18-15(12)16(20)19-10-8-17(22-3)7-6-13(21-2)11-14(17)19/h4-5,9,13-14H,6-8,10-11H2,1-3H3/t13-,14-,17+/m0/s1. The lowest BCUT2D eigenvalue weighted by Crippen LogP contribution is -2.53. The van der Waals surface area contributed by atoms with Crippen molar-refractivity contribution in [3.63, 3.8) is 0 Å². The highest BCUT2D eigenvalue weighted by atomic mass is 16.5. The van der Waals surface area contributed by atoms with Crippen molar-refractivity contribution in [1.29, 1.82) is 0 Å². The molecule has 0 spiro atoms. The number of methoxy groups -OCH3 is 2. The minimum absolute atomic E-state index is 0.0128. The summed E-state index contributed by atoms with van der Waals surface area (Å²) in [6.45, 7) is 2.66. The Bertz CT molecular complexity index is 563. The molecule has 2 fully saturated rings. The van der Waals surface area contributed by atoms with Crippen molar-refractivity contribution < 1.29 is 14.3 Å². The summed E-state index contributed by atoms with van der Waals surface area (Å²) in [6.07, 6.45) is 5.54. The van der Waals surface area contributed by atoms with E-state index in [-0.39, 0.29) is 23.7 Å². The Morgan fingerprint density at radius 3 is 2.91 bits per heavy atom. The number of likely N-dealkylation sites (tertiary alicyclic amines) is 1. The van der Waals surface area contributed by atoms with Gasteiger partial charge in [-0.2, -0.15) is 0 Å². The van der Waals surface area contributed by atoms with Crippen molar-refractivity contribution in [1.82, 2.24) is 9.88 Å². The summed E-state index contributed by atoms with van der Waals surface area (Å²) in [4.78, 5) is 19.2. The summed E-state index contributed by atoms with van der Waals surface area (Å²) in [5.41, 5.74) is 1.25. The largest absolute Gasteiger partial charge is 0.381 e. The summed E-state index contributed by atoms with van der Waals surface area (Å²) < 4.78 is 11.4. The van der Waals surface area contributed by atoms with E-state index in [1.54, 1.807) is 20.4 Å². The third-order valence-corrected chi connectivity index (χ3v) is 5.35. The molecule has 2 aliphatic rings. The highest BCUT2D eigenvalue weighted by molar-refractivity contribution is 5.94. The van der Waals surface area contributed by atoms with Crippen molar-refractivity contribution in [2.24, 2.45) is 0 Å². The van der Waals surface area contributed by atoms with Gasteiger partial charge in [0, 0.05) is 27.0 Å². The molecule has 2 heterocycles. The molecule has 1 aliphatic carbocycles.